The topological polar surface area (TPSA) is 46.2 Å². The van der Waals surface area contributed by atoms with Crippen molar-refractivity contribution >= 4 is 0 Å². The molecule has 0 aromatic carbocycles. The Morgan fingerprint density at radius 3 is 1.88 bits per heavy atom. The second-order valence-corrected chi connectivity index (χ2v) is 6.88. The summed E-state index contributed by atoms with van der Waals surface area (Å²) < 4.78 is 26.3. The van der Waals surface area contributed by atoms with Crippen LogP contribution in [0, 0.1) is 5.41 Å². The Bertz CT molecular complexity index is 307. The molecular weight excluding hydrogens is 224 g/mol. The minimum Gasteiger partial charge on any atom is -0.388 e. The summed E-state index contributed by atoms with van der Waals surface area (Å²) in [7, 11) is 0. The molecule has 2 rings (SSSR count). The summed E-state index contributed by atoms with van der Waals surface area (Å²) in [4.78, 5) is 0. The number of hydrogen-bond donors (Lipinski definition) is 2. The fourth-order valence-corrected chi connectivity index (χ4v) is 3.47. The Labute approximate surface area is 102 Å². The van der Waals surface area contributed by atoms with Crippen molar-refractivity contribution in [1.29, 1.82) is 0 Å². The van der Waals surface area contributed by atoms with Gasteiger partial charge in [0.2, 0.25) is 5.92 Å². The van der Waals surface area contributed by atoms with Gasteiger partial charge in [-0.25, -0.2) is 8.78 Å². The minimum atomic E-state index is -2.59. The third-order valence-corrected chi connectivity index (χ3v) is 4.79. The number of nitrogens with two attached hydrogens (primary N) is 1. The lowest BCUT2D eigenvalue weighted by molar-refractivity contribution is -0.107. The van der Waals surface area contributed by atoms with Crippen molar-refractivity contribution in [2.75, 3.05) is 0 Å². The van der Waals surface area contributed by atoms with Crippen LogP contribution in [0.2, 0.25) is 0 Å². The van der Waals surface area contributed by atoms with E-state index in [1.165, 1.54) is 0 Å². The second-order valence-electron chi connectivity index (χ2n) is 6.88. The fraction of sp³-hybridized carbons (Fsp3) is 1.00. The lowest BCUT2D eigenvalue weighted by atomic mass is 9.68. The highest BCUT2D eigenvalue weighted by Crippen LogP contribution is 2.52. The average molecular weight is 247 g/mol. The van der Waals surface area contributed by atoms with E-state index >= 15 is 0 Å². The maximum Gasteiger partial charge on any atom is 0.248 e. The summed E-state index contributed by atoms with van der Waals surface area (Å²) in [5.41, 5.74) is 4.56. The molecule has 0 aliphatic heterocycles. The molecule has 0 radical (unpaired) electrons. The van der Waals surface area contributed by atoms with E-state index in [1.54, 1.807) is 0 Å². The molecule has 2 aliphatic carbocycles. The van der Waals surface area contributed by atoms with Crippen LogP contribution in [0.4, 0.5) is 8.78 Å². The first kappa shape index (κ1) is 13.2. The van der Waals surface area contributed by atoms with Crippen molar-refractivity contribution in [2.45, 2.75) is 75.9 Å². The van der Waals surface area contributed by atoms with Crippen LogP contribution >= 0.6 is 0 Å². The van der Waals surface area contributed by atoms with Crippen molar-refractivity contribution in [1.82, 2.24) is 0 Å². The van der Waals surface area contributed by atoms with E-state index in [0.717, 1.165) is 6.42 Å². The first-order valence-electron chi connectivity index (χ1n) is 6.47. The maximum absolute atomic E-state index is 13.2. The molecule has 2 aliphatic rings. The molecule has 1 unspecified atom stereocenters. The van der Waals surface area contributed by atoms with Crippen LogP contribution in [-0.4, -0.2) is 22.2 Å². The van der Waals surface area contributed by atoms with Crippen molar-refractivity contribution in [2.24, 2.45) is 11.1 Å². The lowest BCUT2D eigenvalue weighted by Crippen LogP contribution is -2.62. The zero-order valence-electron chi connectivity index (χ0n) is 10.7. The van der Waals surface area contributed by atoms with E-state index in [-0.39, 0.29) is 31.1 Å². The van der Waals surface area contributed by atoms with Gasteiger partial charge in [-0.2, -0.15) is 0 Å². The van der Waals surface area contributed by atoms with Crippen LogP contribution in [-0.2, 0) is 0 Å². The Balaban J connectivity index is 2.12. The number of rotatable bonds is 1. The van der Waals surface area contributed by atoms with Crippen LogP contribution < -0.4 is 5.73 Å². The van der Waals surface area contributed by atoms with Crippen molar-refractivity contribution in [3.63, 3.8) is 0 Å². The lowest BCUT2D eigenvalue weighted by Gasteiger charge is -2.47. The highest BCUT2D eigenvalue weighted by molar-refractivity contribution is 5.11. The smallest absolute Gasteiger partial charge is 0.248 e. The van der Waals surface area contributed by atoms with Crippen LogP contribution in [0.15, 0.2) is 0 Å². The van der Waals surface area contributed by atoms with Crippen molar-refractivity contribution in [3.05, 3.63) is 0 Å². The normalized spacial score (nSPS) is 39.2. The first-order chi connectivity index (χ1) is 7.58. The first-order valence-corrected chi connectivity index (χ1v) is 6.47. The molecule has 0 aromatic rings. The maximum atomic E-state index is 13.2. The van der Waals surface area contributed by atoms with E-state index in [9.17, 15) is 13.9 Å². The zero-order chi connectivity index (χ0) is 12.9. The molecule has 17 heavy (non-hydrogen) atoms. The summed E-state index contributed by atoms with van der Waals surface area (Å²) >= 11 is 0. The number of aliphatic hydroxyl groups is 1. The van der Waals surface area contributed by atoms with Gasteiger partial charge in [-0.3, -0.25) is 0 Å². The van der Waals surface area contributed by atoms with E-state index in [0.29, 0.717) is 12.8 Å². The van der Waals surface area contributed by atoms with Crippen molar-refractivity contribution in [3.8, 4) is 0 Å². The molecule has 0 amide bonds. The van der Waals surface area contributed by atoms with Gasteiger partial charge in [0, 0.05) is 18.4 Å². The predicted octanol–water partition coefficient (Wildman–Crippen LogP) is 2.83. The van der Waals surface area contributed by atoms with Gasteiger partial charge in [-0.15, -0.1) is 0 Å². The molecule has 2 nitrogen and oxygen atoms in total. The molecule has 0 spiro atoms. The number of halogens is 2. The molecule has 3 N–H and O–H groups in total. The molecule has 2 fully saturated rings. The van der Waals surface area contributed by atoms with Gasteiger partial charge in [0.25, 0.3) is 0 Å². The summed E-state index contributed by atoms with van der Waals surface area (Å²) in [6.45, 7) is 4.21. The van der Waals surface area contributed by atoms with E-state index < -0.39 is 17.1 Å². The Morgan fingerprint density at radius 1 is 0.941 bits per heavy atom. The van der Waals surface area contributed by atoms with Gasteiger partial charge in [0.05, 0.1) is 5.60 Å². The summed E-state index contributed by atoms with van der Waals surface area (Å²) in [6.07, 6.45) is 2.26. The Kier molecular flexibility index (Phi) is 2.83. The summed E-state index contributed by atoms with van der Waals surface area (Å²) in [6, 6.07) is 0. The van der Waals surface area contributed by atoms with E-state index in [1.807, 2.05) is 0 Å². The molecule has 1 atom stereocenters. The molecule has 100 valence electrons. The van der Waals surface area contributed by atoms with Crippen molar-refractivity contribution < 1.29 is 13.9 Å². The number of hydrogen-bond acceptors (Lipinski definition) is 2. The number of alkyl halides is 2. The Morgan fingerprint density at radius 2 is 1.47 bits per heavy atom. The molecule has 0 bridgehead atoms. The quantitative estimate of drug-likeness (QED) is 0.748. The van der Waals surface area contributed by atoms with E-state index in [2.05, 4.69) is 13.8 Å². The third-order valence-electron chi connectivity index (χ3n) is 4.79. The molecule has 0 saturated heterocycles. The van der Waals surface area contributed by atoms with Crippen LogP contribution in [0.5, 0.6) is 0 Å². The molecular formula is C13H23F2NO. The second kappa shape index (κ2) is 3.64. The van der Waals surface area contributed by atoms with Crippen LogP contribution in [0.3, 0.4) is 0 Å². The molecule has 0 heterocycles. The fourth-order valence-electron chi connectivity index (χ4n) is 3.47. The SMILES string of the molecule is CC1(C)CCC(O)(C2(N)CCC(F)(F)CC2)C1. The van der Waals surface area contributed by atoms with Crippen LogP contribution in [0.1, 0.15) is 58.8 Å². The van der Waals surface area contributed by atoms with Gasteiger partial charge >= 0.3 is 0 Å². The Hall–Kier alpha value is -0.220. The highest BCUT2D eigenvalue weighted by Gasteiger charge is 2.56. The highest BCUT2D eigenvalue weighted by atomic mass is 19.3. The largest absolute Gasteiger partial charge is 0.388 e. The summed E-state index contributed by atoms with van der Waals surface area (Å²) in [5.74, 6) is -2.59. The van der Waals surface area contributed by atoms with E-state index in [4.69, 9.17) is 5.73 Å². The van der Waals surface area contributed by atoms with Gasteiger partial charge in [-0.1, -0.05) is 13.8 Å². The van der Waals surface area contributed by atoms with Gasteiger partial charge < -0.3 is 10.8 Å². The standard InChI is InChI=1S/C13H23F2NO/c1-10(2)3-6-12(17,9-10)11(16)4-7-13(14,15)8-5-11/h17H,3-9,16H2,1-2H3. The zero-order valence-corrected chi connectivity index (χ0v) is 10.7. The predicted molar refractivity (Wildman–Crippen MR) is 62.9 cm³/mol. The van der Waals surface area contributed by atoms with Crippen LogP contribution in [0.25, 0.3) is 0 Å². The van der Waals surface area contributed by atoms with Gasteiger partial charge in [-0.05, 0) is 37.5 Å². The van der Waals surface area contributed by atoms with Gasteiger partial charge in [0.1, 0.15) is 0 Å². The monoisotopic (exact) mass is 247 g/mol. The molecule has 2 saturated carbocycles. The molecule has 0 aromatic heterocycles. The average Bonchev–Trinajstić information content (AvgIpc) is 2.48. The van der Waals surface area contributed by atoms with Gasteiger partial charge in [0.15, 0.2) is 0 Å². The molecule has 4 heteroatoms. The third kappa shape index (κ3) is 2.34. The summed E-state index contributed by atoms with van der Waals surface area (Å²) in [5, 5.41) is 10.7. The minimum absolute atomic E-state index is 0.0705.